The summed E-state index contributed by atoms with van der Waals surface area (Å²) in [6, 6.07) is 9.36. The predicted octanol–water partition coefficient (Wildman–Crippen LogP) is 1.35. The van der Waals surface area contributed by atoms with Gasteiger partial charge in [-0.15, -0.1) is 0 Å². The molecule has 0 radical (unpaired) electrons. The minimum absolute atomic E-state index is 0.162. The van der Waals surface area contributed by atoms with Crippen molar-refractivity contribution in [2.75, 3.05) is 6.79 Å². The minimum Gasteiger partial charge on any atom is -0.452 e. The highest BCUT2D eigenvalue weighted by Crippen LogP contribution is 2.53. The van der Waals surface area contributed by atoms with Crippen LogP contribution in [0.15, 0.2) is 30.3 Å². The highest BCUT2D eigenvalue weighted by atomic mass is 17.0. The van der Waals surface area contributed by atoms with Crippen molar-refractivity contribution in [3.63, 3.8) is 0 Å². The SMILES string of the molecule is CC(=O)OC(c1ccccc1)C12OCOC1O2. The first kappa shape index (κ1) is 10.7. The normalized spacial score (nSPS) is 31.7. The zero-order valence-corrected chi connectivity index (χ0v) is 9.29. The van der Waals surface area contributed by atoms with Gasteiger partial charge in [0.15, 0.2) is 12.9 Å². The van der Waals surface area contributed by atoms with Gasteiger partial charge in [-0.25, -0.2) is 0 Å². The van der Waals surface area contributed by atoms with Crippen LogP contribution in [0.3, 0.4) is 0 Å². The summed E-state index contributed by atoms with van der Waals surface area (Å²) in [4.78, 5) is 11.2. The average Bonchev–Trinajstić information content (AvgIpc) is 2.90. The van der Waals surface area contributed by atoms with Crippen LogP contribution in [-0.4, -0.2) is 24.8 Å². The second kappa shape index (κ2) is 3.80. The Kier molecular flexibility index (Phi) is 2.39. The number of benzene rings is 1. The molecule has 3 atom stereocenters. The van der Waals surface area contributed by atoms with Gasteiger partial charge in [0.25, 0.3) is 5.79 Å². The summed E-state index contributed by atoms with van der Waals surface area (Å²) >= 11 is 0. The van der Waals surface area contributed by atoms with Gasteiger partial charge in [-0.1, -0.05) is 30.3 Å². The van der Waals surface area contributed by atoms with E-state index in [-0.39, 0.29) is 12.8 Å². The molecular formula is C12H12O5. The Bertz CT molecular complexity index is 432. The lowest BCUT2D eigenvalue weighted by Crippen LogP contribution is -2.28. The lowest BCUT2D eigenvalue weighted by atomic mass is 10.0. The van der Waals surface area contributed by atoms with E-state index in [9.17, 15) is 4.79 Å². The van der Waals surface area contributed by atoms with Gasteiger partial charge in [-0.3, -0.25) is 4.79 Å². The fraction of sp³-hybridized carbons (Fsp3) is 0.417. The first-order valence-electron chi connectivity index (χ1n) is 5.38. The van der Waals surface area contributed by atoms with E-state index in [4.69, 9.17) is 18.9 Å². The van der Waals surface area contributed by atoms with Gasteiger partial charge in [0, 0.05) is 6.92 Å². The summed E-state index contributed by atoms with van der Waals surface area (Å²) < 4.78 is 21.2. The van der Waals surface area contributed by atoms with Crippen LogP contribution in [0.2, 0.25) is 0 Å². The van der Waals surface area contributed by atoms with Crippen molar-refractivity contribution in [1.82, 2.24) is 0 Å². The Hall–Kier alpha value is -1.43. The van der Waals surface area contributed by atoms with E-state index in [1.165, 1.54) is 6.92 Å². The Morgan fingerprint density at radius 2 is 2.24 bits per heavy atom. The molecule has 2 aliphatic rings. The lowest BCUT2D eigenvalue weighted by Gasteiger charge is -2.21. The van der Waals surface area contributed by atoms with Gasteiger partial charge >= 0.3 is 5.97 Å². The van der Waals surface area contributed by atoms with Crippen LogP contribution in [-0.2, 0) is 23.7 Å². The van der Waals surface area contributed by atoms with Crippen LogP contribution >= 0.6 is 0 Å². The van der Waals surface area contributed by atoms with E-state index < -0.39 is 18.2 Å². The molecule has 3 rings (SSSR count). The summed E-state index contributed by atoms with van der Waals surface area (Å²) in [5.74, 6) is -1.33. The molecule has 1 aromatic carbocycles. The van der Waals surface area contributed by atoms with Gasteiger partial charge < -0.3 is 18.9 Å². The van der Waals surface area contributed by atoms with Crippen molar-refractivity contribution in [1.29, 1.82) is 0 Å². The molecule has 0 bridgehead atoms. The highest BCUT2D eigenvalue weighted by Gasteiger charge is 2.70. The van der Waals surface area contributed by atoms with Crippen molar-refractivity contribution in [2.45, 2.75) is 25.1 Å². The van der Waals surface area contributed by atoms with Crippen LogP contribution < -0.4 is 0 Å². The molecule has 2 heterocycles. The molecule has 0 saturated carbocycles. The molecule has 0 aliphatic carbocycles. The van der Waals surface area contributed by atoms with Crippen LogP contribution in [0.1, 0.15) is 18.6 Å². The third kappa shape index (κ3) is 1.72. The third-order valence-electron chi connectivity index (χ3n) is 2.82. The molecule has 5 heteroatoms. The third-order valence-corrected chi connectivity index (χ3v) is 2.82. The fourth-order valence-electron chi connectivity index (χ4n) is 2.01. The predicted molar refractivity (Wildman–Crippen MR) is 55.6 cm³/mol. The molecule has 2 saturated heterocycles. The molecule has 0 N–H and O–H groups in total. The smallest absolute Gasteiger partial charge is 0.303 e. The molecule has 17 heavy (non-hydrogen) atoms. The number of carbonyl (C=O) groups is 1. The van der Waals surface area contributed by atoms with E-state index in [0.717, 1.165) is 5.56 Å². The summed E-state index contributed by atoms with van der Waals surface area (Å²) in [5, 5.41) is 0. The number of hydrogen-bond acceptors (Lipinski definition) is 5. The van der Waals surface area contributed by atoms with Crippen LogP contribution in [0, 0.1) is 0 Å². The first-order chi connectivity index (χ1) is 8.22. The van der Waals surface area contributed by atoms with E-state index in [1.54, 1.807) is 0 Å². The van der Waals surface area contributed by atoms with Crippen molar-refractivity contribution in [3.05, 3.63) is 35.9 Å². The number of hydrogen-bond donors (Lipinski definition) is 0. The minimum atomic E-state index is -0.951. The number of ether oxygens (including phenoxy) is 4. The second-order valence-electron chi connectivity index (χ2n) is 4.00. The van der Waals surface area contributed by atoms with E-state index in [2.05, 4.69) is 0 Å². The first-order valence-corrected chi connectivity index (χ1v) is 5.38. The molecule has 90 valence electrons. The number of carbonyl (C=O) groups excluding carboxylic acids is 1. The average molecular weight is 236 g/mol. The molecule has 1 aromatic rings. The van der Waals surface area contributed by atoms with Crippen LogP contribution in [0.25, 0.3) is 0 Å². The van der Waals surface area contributed by atoms with Crippen molar-refractivity contribution in [2.24, 2.45) is 0 Å². The summed E-state index contributed by atoms with van der Waals surface area (Å²) in [7, 11) is 0. The van der Waals surface area contributed by atoms with Crippen LogP contribution in [0.5, 0.6) is 0 Å². The number of rotatable bonds is 3. The zero-order chi connectivity index (χ0) is 11.9. The molecule has 0 aromatic heterocycles. The Morgan fingerprint density at radius 1 is 1.47 bits per heavy atom. The van der Waals surface area contributed by atoms with Crippen LogP contribution in [0.4, 0.5) is 0 Å². The topological polar surface area (TPSA) is 57.3 Å². The van der Waals surface area contributed by atoms with E-state index in [0.29, 0.717) is 0 Å². The Labute approximate surface area is 98.2 Å². The lowest BCUT2D eigenvalue weighted by molar-refractivity contribution is -0.185. The molecule has 5 nitrogen and oxygen atoms in total. The highest BCUT2D eigenvalue weighted by molar-refractivity contribution is 5.66. The number of epoxide rings is 1. The largest absolute Gasteiger partial charge is 0.452 e. The maximum atomic E-state index is 11.2. The standard InChI is InChI=1S/C12H12O5/c1-8(13)16-10(9-5-3-2-4-6-9)12-11(17-12)14-7-15-12/h2-6,10-11H,7H2,1H3. The molecule has 0 amide bonds. The quantitative estimate of drug-likeness (QED) is 0.585. The van der Waals surface area contributed by atoms with E-state index >= 15 is 0 Å². The molecule has 2 aliphatic heterocycles. The summed E-state index contributed by atoms with van der Waals surface area (Å²) in [6.45, 7) is 1.52. The monoisotopic (exact) mass is 236 g/mol. The molecule has 0 spiro atoms. The maximum absolute atomic E-state index is 11.2. The Balaban J connectivity index is 1.90. The van der Waals surface area contributed by atoms with Gasteiger partial charge in [0.1, 0.15) is 0 Å². The number of fused-ring (bicyclic) bond motifs is 1. The molecule has 3 unspecified atom stereocenters. The fourth-order valence-corrected chi connectivity index (χ4v) is 2.01. The molecule has 2 fully saturated rings. The summed E-state index contributed by atoms with van der Waals surface area (Å²) in [6.07, 6.45) is -1.03. The Morgan fingerprint density at radius 3 is 2.76 bits per heavy atom. The number of esters is 1. The van der Waals surface area contributed by atoms with Crippen molar-refractivity contribution in [3.8, 4) is 0 Å². The maximum Gasteiger partial charge on any atom is 0.303 e. The van der Waals surface area contributed by atoms with Gasteiger partial charge in [-0.05, 0) is 5.56 Å². The molecular weight excluding hydrogens is 224 g/mol. The second-order valence-corrected chi connectivity index (χ2v) is 4.00. The van der Waals surface area contributed by atoms with Gasteiger partial charge in [-0.2, -0.15) is 0 Å². The van der Waals surface area contributed by atoms with Crippen molar-refractivity contribution < 1.29 is 23.7 Å². The zero-order valence-electron chi connectivity index (χ0n) is 9.29. The van der Waals surface area contributed by atoms with Gasteiger partial charge in [0.2, 0.25) is 6.29 Å². The van der Waals surface area contributed by atoms with E-state index in [1.807, 2.05) is 30.3 Å². The van der Waals surface area contributed by atoms with Gasteiger partial charge in [0.05, 0.1) is 0 Å². The summed E-state index contributed by atoms with van der Waals surface area (Å²) in [5.41, 5.74) is 0.829. The van der Waals surface area contributed by atoms with Crippen molar-refractivity contribution >= 4 is 5.97 Å².